The number of aliphatic hydroxyl groups is 1. The van der Waals surface area contributed by atoms with Crippen molar-refractivity contribution in [2.45, 2.75) is 32.9 Å². The Kier molecular flexibility index (Phi) is 5.94. The molecule has 4 rings (SSSR count). The smallest absolute Gasteiger partial charge is 0.262 e. The molecular formula is C24H24ClN3O3. The number of fused-ring (bicyclic) bond motifs is 1. The molecule has 0 saturated carbocycles. The Bertz CT molecular complexity index is 1250. The molecule has 0 aliphatic heterocycles. The molecule has 1 unspecified atom stereocenters. The van der Waals surface area contributed by atoms with E-state index >= 15 is 0 Å². The van der Waals surface area contributed by atoms with Gasteiger partial charge in [0.1, 0.15) is 12.4 Å². The average Bonchev–Trinajstić information content (AvgIpc) is 2.69. The first kappa shape index (κ1) is 21.3. The van der Waals surface area contributed by atoms with Crippen LogP contribution >= 0.6 is 11.6 Å². The number of nitrogens with zero attached hydrogens (tertiary/aromatic N) is 2. The number of carbonyl (C=O) groups excluding carboxylic acids is 1. The third-order valence-electron chi connectivity index (χ3n) is 5.31. The summed E-state index contributed by atoms with van der Waals surface area (Å²) in [6.07, 6.45) is 2.80. The van der Waals surface area contributed by atoms with Crippen LogP contribution in [0.2, 0.25) is 5.02 Å². The van der Waals surface area contributed by atoms with Gasteiger partial charge in [0.15, 0.2) is 0 Å². The standard InChI is InChI=1S/C24H24ClN3O3/c1-14(2)26-22(30)12-28-23(17-4-3-5-19(25)10-17)27-21-7-6-16(11-20(21)24(28)31)18-8-15(9-18)13-29/h3-8,10-11,14-15,29H,9,12-13H2,1-2H3,(H,26,30). The quantitative estimate of drug-likeness (QED) is 0.616. The van der Waals surface area contributed by atoms with E-state index in [0.29, 0.717) is 27.3 Å². The highest BCUT2D eigenvalue weighted by Gasteiger charge is 2.21. The van der Waals surface area contributed by atoms with Gasteiger partial charge in [-0.1, -0.05) is 35.9 Å². The first-order chi connectivity index (χ1) is 14.9. The topological polar surface area (TPSA) is 84.2 Å². The van der Waals surface area contributed by atoms with Crippen LogP contribution in [0, 0.1) is 5.92 Å². The van der Waals surface area contributed by atoms with Gasteiger partial charge < -0.3 is 10.4 Å². The van der Waals surface area contributed by atoms with Crippen LogP contribution in [0.4, 0.5) is 0 Å². The van der Waals surface area contributed by atoms with E-state index < -0.39 is 0 Å². The Morgan fingerprint density at radius 2 is 2.03 bits per heavy atom. The fourth-order valence-corrected chi connectivity index (χ4v) is 3.98. The highest BCUT2D eigenvalue weighted by Crippen LogP contribution is 2.34. The molecule has 0 radical (unpaired) electrons. The number of hydrogen-bond acceptors (Lipinski definition) is 4. The van der Waals surface area contributed by atoms with Crippen molar-refractivity contribution >= 4 is 34.0 Å². The lowest BCUT2D eigenvalue weighted by atomic mass is 9.83. The van der Waals surface area contributed by atoms with Gasteiger partial charge in [0.2, 0.25) is 5.91 Å². The van der Waals surface area contributed by atoms with Gasteiger partial charge in [-0.05, 0) is 55.7 Å². The number of hydrogen-bond donors (Lipinski definition) is 2. The zero-order valence-corrected chi connectivity index (χ0v) is 18.2. The van der Waals surface area contributed by atoms with E-state index in [9.17, 15) is 14.7 Å². The van der Waals surface area contributed by atoms with Crippen molar-refractivity contribution in [1.82, 2.24) is 14.9 Å². The van der Waals surface area contributed by atoms with Crippen molar-refractivity contribution in [2.75, 3.05) is 6.61 Å². The average molecular weight is 438 g/mol. The fourth-order valence-electron chi connectivity index (χ4n) is 3.79. The summed E-state index contributed by atoms with van der Waals surface area (Å²) in [7, 11) is 0. The SMILES string of the molecule is CC(C)NC(=O)Cn1c(-c2cccc(Cl)c2)nc2ccc(C3=CC(CO)C3)cc2c1=O. The molecule has 1 aromatic heterocycles. The molecule has 0 saturated heterocycles. The molecule has 3 aromatic rings. The summed E-state index contributed by atoms with van der Waals surface area (Å²) in [5.74, 6) is 0.311. The molecule has 0 bridgehead atoms. The summed E-state index contributed by atoms with van der Waals surface area (Å²) in [5, 5.41) is 13.1. The van der Waals surface area contributed by atoms with Crippen LogP contribution in [-0.4, -0.2) is 33.2 Å². The normalized spacial score (nSPS) is 15.6. The van der Waals surface area contributed by atoms with Crippen molar-refractivity contribution in [1.29, 1.82) is 0 Å². The largest absolute Gasteiger partial charge is 0.396 e. The van der Waals surface area contributed by atoms with E-state index in [0.717, 1.165) is 17.6 Å². The molecule has 7 heteroatoms. The summed E-state index contributed by atoms with van der Waals surface area (Å²) in [5.41, 5.74) is 2.98. The summed E-state index contributed by atoms with van der Waals surface area (Å²) in [6.45, 7) is 3.73. The van der Waals surface area contributed by atoms with Crippen LogP contribution in [0.3, 0.4) is 0 Å². The molecule has 1 amide bonds. The predicted molar refractivity (Wildman–Crippen MR) is 123 cm³/mol. The van der Waals surface area contributed by atoms with Crippen LogP contribution in [0.1, 0.15) is 25.8 Å². The predicted octanol–water partition coefficient (Wildman–Crippen LogP) is 3.64. The first-order valence-corrected chi connectivity index (χ1v) is 10.7. The highest BCUT2D eigenvalue weighted by molar-refractivity contribution is 6.30. The maximum atomic E-state index is 13.5. The molecule has 2 aromatic carbocycles. The lowest BCUT2D eigenvalue weighted by Gasteiger charge is -2.24. The van der Waals surface area contributed by atoms with Crippen LogP contribution in [0.15, 0.2) is 53.3 Å². The molecule has 31 heavy (non-hydrogen) atoms. The van der Waals surface area contributed by atoms with E-state index in [1.807, 2.05) is 44.2 Å². The summed E-state index contributed by atoms with van der Waals surface area (Å²) < 4.78 is 1.40. The third-order valence-corrected chi connectivity index (χ3v) is 5.55. The molecule has 160 valence electrons. The molecule has 0 spiro atoms. The van der Waals surface area contributed by atoms with Crippen LogP contribution in [-0.2, 0) is 11.3 Å². The van der Waals surface area contributed by atoms with Crippen molar-refractivity contribution in [3.63, 3.8) is 0 Å². The molecule has 1 atom stereocenters. The first-order valence-electron chi connectivity index (χ1n) is 10.3. The van der Waals surface area contributed by atoms with Gasteiger partial charge in [-0.2, -0.15) is 0 Å². The monoisotopic (exact) mass is 437 g/mol. The molecule has 1 aliphatic carbocycles. The number of aromatic nitrogens is 2. The van der Waals surface area contributed by atoms with Crippen LogP contribution < -0.4 is 10.9 Å². The van der Waals surface area contributed by atoms with Gasteiger partial charge in [0.05, 0.1) is 10.9 Å². The van der Waals surface area contributed by atoms with Gasteiger partial charge in [-0.3, -0.25) is 14.2 Å². The lowest BCUT2D eigenvalue weighted by Crippen LogP contribution is -2.37. The minimum Gasteiger partial charge on any atom is -0.396 e. The van der Waals surface area contributed by atoms with Gasteiger partial charge in [0.25, 0.3) is 5.56 Å². The summed E-state index contributed by atoms with van der Waals surface area (Å²) in [4.78, 5) is 30.7. The Labute approximate surface area is 185 Å². The van der Waals surface area contributed by atoms with E-state index in [1.165, 1.54) is 4.57 Å². The number of amides is 1. The van der Waals surface area contributed by atoms with E-state index in [2.05, 4.69) is 5.32 Å². The second-order valence-corrected chi connectivity index (χ2v) is 8.57. The molecule has 1 heterocycles. The van der Waals surface area contributed by atoms with Crippen molar-refractivity contribution in [3.8, 4) is 11.4 Å². The van der Waals surface area contributed by atoms with Crippen molar-refractivity contribution < 1.29 is 9.90 Å². The number of rotatable bonds is 6. The van der Waals surface area contributed by atoms with Gasteiger partial charge in [-0.15, -0.1) is 0 Å². The van der Waals surface area contributed by atoms with Crippen LogP contribution in [0.5, 0.6) is 0 Å². The number of allylic oxidation sites excluding steroid dienone is 1. The summed E-state index contributed by atoms with van der Waals surface area (Å²) >= 11 is 6.16. The Morgan fingerprint density at radius 3 is 2.71 bits per heavy atom. The zero-order valence-electron chi connectivity index (χ0n) is 17.4. The van der Waals surface area contributed by atoms with Crippen molar-refractivity contribution in [2.24, 2.45) is 5.92 Å². The Morgan fingerprint density at radius 1 is 1.26 bits per heavy atom. The highest BCUT2D eigenvalue weighted by atomic mass is 35.5. The minimum absolute atomic E-state index is 0.0390. The second-order valence-electron chi connectivity index (χ2n) is 8.13. The molecule has 2 N–H and O–H groups in total. The minimum atomic E-state index is -0.278. The van der Waals surface area contributed by atoms with Crippen molar-refractivity contribution in [3.05, 3.63) is 69.5 Å². The molecule has 1 aliphatic rings. The Hall–Kier alpha value is -2.96. The number of halogens is 1. The summed E-state index contributed by atoms with van der Waals surface area (Å²) in [6, 6.07) is 12.6. The molecule has 6 nitrogen and oxygen atoms in total. The maximum absolute atomic E-state index is 13.5. The van der Waals surface area contributed by atoms with Crippen LogP contribution in [0.25, 0.3) is 27.9 Å². The van der Waals surface area contributed by atoms with Gasteiger partial charge in [0, 0.05) is 29.2 Å². The third kappa shape index (κ3) is 4.40. The van der Waals surface area contributed by atoms with E-state index in [1.54, 1.807) is 18.2 Å². The number of carbonyl (C=O) groups is 1. The zero-order chi connectivity index (χ0) is 22.1. The number of nitrogens with one attached hydrogen (secondary N) is 1. The number of aliphatic hydroxyl groups excluding tert-OH is 1. The second kappa shape index (κ2) is 8.65. The fraction of sp³-hybridized carbons (Fsp3) is 0.292. The number of benzene rings is 2. The molecule has 0 fully saturated rings. The maximum Gasteiger partial charge on any atom is 0.262 e. The van der Waals surface area contributed by atoms with E-state index in [4.69, 9.17) is 16.6 Å². The van der Waals surface area contributed by atoms with E-state index in [-0.39, 0.29) is 36.6 Å². The molecular weight excluding hydrogens is 414 g/mol. The Balaban J connectivity index is 1.86. The lowest BCUT2D eigenvalue weighted by molar-refractivity contribution is -0.122. The van der Waals surface area contributed by atoms with Gasteiger partial charge in [-0.25, -0.2) is 4.98 Å². The van der Waals surface area contributed by atoms with Gasteiger partial charge >= 0.3 is 0 Å².